The van der Waals surface area contributed by atoms with Gasteiger partial charge in [-0.25, -0.2) is 0 Å². The fourth-order valence-electron chi connectivity index (χ4n) is 2.81. The van der Waals surface area contributed by atoms with E-state index in [1.807, 2.05) is 21.1 Å². The second-order valence-electron chi connectivity index (χ2n) is 8.31. The number of aliphatic carboxylic acids is 1. The van der Waals surface area contributed by atoms with Gasteiger partial charge in [0.05, 0.1) is 34.2 Å². The molecule has 0 bridgehead atoms. The van der Waals surface area contributed by atoms with Gasteiger partial charge in [-0.2, -0.15) is 0 Å². The molecule has 0 spiro atoms. The average molecular weight is 442 g/mol. The van der Waals surface area contributed by atoms with E-state index in [9.17, 15) is 9.69 Å². The van der Waals surface area contributed by atoms with Crippen molar-refractivity contribution >= 4 is 14.6 Å². The van der Waals surface area contributed by atoms with Crippen LogP contribution >= 0.6 is 8.60 Å². The van der Waals surface area contributed by atoms with Crippen LogP contribution in [0.2, 0.25) is 0 Å². The van der Waals surface area contributed by atoms with Crippen LogP contribution in [-0.2, 0) is 18.6 Å². The standard InChI is InChI=1S/C20H42NO6P.H2O/c1-5-6-7-8-11-14-25-15-12-9-10-13-16-26-28(24)27-19(17-20(22)23)18-21(2,3)4;/h19,24H,5-18H2,1-4H3;1H2/t19-,28?;/m1./s1. The summed E-state index contributed by atoms with van der Waals surface area (Å²) in [6.07, 6.45) is 9.60. The summed E-state index contributed by atoms with van der Waals surface area (Å²) in [4.78, 5) is 20.9. The van der Waals surface area contributed by atoms with Gasteiger partial charge in [0.15, 0.2) is 0 Å². The summed E-state index contributed by atoms with van der Waals surface area (Å²) in [6.45, 7) is 4.81. The van der Waals surface area contributed by atoms with Crippen LogP contribution in [0.25, 0.3) is 0 Å². The van der Waals surface area contributed by atoms with Crippen molar-refractivity contribution < 1.29 is 38.5 Å². The van der Waals surface area contributed by atoms with E-state index < -0.39 is 20.7 Å². The minimum atomic E-state index is -2.04. The Morgan fingerprint density at radius 1 is 0.931 bits per heavy atom. The Balaban J connectivity index is 0. The fraction of sp³-hybridized carbons (Fsp3) is 0.950. The van der Waals surface area contributed by atoms with Crippen molar-refractivity contribution in [3.05, 3.63) is 0 Å². The van der Waals surface area contributed by atoms with Crippen LogP contribution in [-0.4, -0.2) is 79.5 Å². The summed E-state index contributed by atoms with van der Waals surface area (Å²) < 4.78 is 16.9. The predicted molar refractivity (Wildman–Crippen MR) is 115 cm³/mol. The molecule has 0 aromatic heterocycles. The van der Waals surface area contributed by atoms with Crippen molar-refractivity contribution in [2.75, 3.05) is 47.5 Å². The van der Waals surface area contributed by atoms with Gasteiger partial charge >= 0.3 is 14.6 Å². The summed E-state index contributed by atoms with van der Waals surface area (Å²) in [5.74, 6) is -0.940. The first-order valence-electron chi connectivity index (χ1n) is 10.6. The Labute approximate surface area is 178 Å². The van der Waals surface area contributed by atoms with Crippen LogP contribution in [0.4, 0.5) is 0 Å². The first-order valence-corrected chi connectivity index (χ1v) is 11.8. The Hall–Kier alpha value is -0.340. The first-order chi connectivity index (χ1) is 13.2. The molecule has 0 aliphatic heterocycles. The van der Waals surface area contributed by atoms with E-state index in [0.29, 0.717) is 17.6 Å². The molecule has 0 saturated carbocycles. The molecule has 0 saturated heterocycles. The van der Waals surface area contributed by atoms with E-state index >= 15 is 0 Å². The molecule has 0 rings (SSSR count). The zero-order valence-electron chi connectivity index (χ0n) is 18.8. The third-order valence-corrected chi connectivity index (χ3v) is 5.05. The van der Waals surface area contributed by atoms with Crippen molar-refractivity contribution in [1.82, 2.24) is 0 Å². The molecule has 176 valence electrons. The molecule has 0 amide bonds. The minimum Gasteiger partial charge on any atom is -0.870 e. The zero-order chi connectivity index (χ0) is 21.3. The number of nitrogens with zero attached hydrogens (tertiary/aromatic N) is 1. The van der Waals surface area contributed by atoms with Crippen molar-refractivity contribution in [1.29, 1.82) is 0 Å². The van der Waals surface area contributed by atoms with Crippen molar-refractivity contribution in [2.45, 2.75) is 77.2 Å². The Morgan fingerprint density at radius 3 is 1.93 bits per heavy atom. The summed E-state index contributed by atoms with van der Waals surface area (Å²) in [5.41, 5.74) is 0. The topological polar surface area (TPSA) is 115 Å². The molecule has 0 heterocycles. The van der Waals surface area contributed by atoms with Gasteiger partial charge in [0.2, 0.25) is 0 Å². The average Bonchev–Trinajstić information content (AvgIpc) is 2.56. The maximum Gasteiger partial charge on any atom is 0.330 e. The van der Waals surface area contributed by atoms with Crippen molar-refractivity contribution in [2.24, 2.45) is 0 Å². The first kappa shape index (κ1) is 30.9. The van der Waals surface area contributed by atoms with Gasteiger partial charge in [-0.05, 0) is 19.3 Å². The highest BCUT2D eigenvalue weighted by molar-refractivity contribution is 7.40. The van der Waals surface area contributed by atoms with Gasteiger partial charge in [-0.1, -0.05) is 45.4 Å². The molecular weight excluding hydrogens is 397 g/mol. The van der Waals surface area contributed by atoms with Crippen molar-refractivity contribution in [3.8, 4) is 0 Å². The van der Waals surface area contributed by atoms with Crippen LogP contribution in [0.3, 0.4) is 0 Å². The van der Waals surface area contributed by atoms with Crippen molar-refractivity contribution in [3.63, 3.8) is 0 Å². The monoisotopic (exact) mass is 441 g/mol. The second-order valence-corrected chi connectivity index (χ2v) is 9.25. The Bertz CT molecular complexity index is 380. The molecule has 1 unspecified atom stereocenters. The molecule has 0 aliphatic rings. The number of hydrogen-bond acceptors (Lipinski definition) is 6. The number of carboxylic acid groups (broad SMARTS) is 1. The molecule has 0 aliphatic carbocycles. The summed E-state index contributed by atoms with van der Waals surface area (Å²) >= 11 is 0. The Kier molecular flexibility index (Phi) is 20.9. The quantitative estimate of drug-likeness (QED) is 0.166. The van der Waals surface area contributed by atoms with Crippen LogP contribution in [0, 0.1) is 0 Å². The van der Waals surface area contributed by atoms with Gasteiger partial charge in [-0.15, -0.1) is 0 Å². The number of quaternary nitrogens is 1. The highest BCUT2D eigenvalue weighted by Gasteiger charge is 2.25. The highest BCUT2D eigenvalue weighted by Crippen LogP contribution is 2.36. The van der Waals surface area contributed by atoms with E-state index in [-0.39, 0.29) is 11.9 Å². The third-order valence-electron chi connectivity index (χ3n) is 4.17. The molecular formula is C20H44NO7P. The molecule has 9 heteroatoms. The number of likely N-dealkylation sites (N-methyl/N-ethyl adjacent to an activating group) is 1. The molecule has 0 radical (unpaired) electrons. The van der Waals surface area contributed by atoms with Crippen LogP contribution in [0.5, 0.6) is 0 Å². The number of unbranched alkanes of at least 4 members (excludes halogenated alkanes) is 7. The van der Waals surface area contributed by atoms with E-state index in [2.05, 4.69) is 6.92 Å². The van der Waals surface area contributed by atoms with Gasteiger partial charge < -0.3 is 33.7 Å². The van der Waals surface area contributed by atoms with E-state index in [0.717, 1.165) is 45.3 Å². The van der Waals surface area contributed by atoms with E-state index in [4.69, 9.17) is 18.9 Å². The van der Waals surface area contributed by atoms with Gasteiger partial charge in [0.25, 0.3) is 0 Å². The SMILES string of the molecule is CCCCCCCOCCCCCCOP(O)O[C@H](CC(=O)O)C[N+](C)(C)C.[OH-]. The normalized spacial score (nSPS) is 13.7. The summed E-state index contributed by atoms with van der Waals surface area (Å²) in [6, 6.07) is 0. The lowest BCUT2D eigenvalue weighted by molar-refractivity contribution is -0.873. The van der Waals surface area contributed by atoms with Crippen LogP contribution < -0.4 is 0 Å². The molecule has 0 aromatic rings. The maximum absolute atomic E-state index is 11.0. The smallest absolute Gasteiger partial charge is 0.330 e. The second kappa shape index (κ2) is 19.6. The number of carboxylic acids is 1. The molecule has 2 atom stereocenters. The zero-order valence-corrected chi connectivity index (χ0v) is 19.7. The molecule has 0 aromatic carbocycles. The Morgan fingerprint density at radius 2 is 1.45 bits per heavy atom. The highest BCUT2D eigenvalue weighted by atomic mass is 31.2. The third kappa shape index (κ3) is 23.8. The van der Waals surface area contributed by atoms with Crippen LogP contribution in [0.1, 0.15) is 71.1 Å². The number of carbonyl (C=O) groups is 1. The van der Waals surface area contributed by atoms with Gasteiger partial charge in [0, 0.05) is 13.2 Å². The number of rotatable bonds is 20. The lowest BCUT2D eigenvalue weighted by atomic mass is 10.2. The summed E-state index contributed by atoms with van der Waals surface area (Å²) in [5, 5.41) is 8.98. The molecule has 3 N–H and O–H groups in total. The predicted octanol–water partition coefficient (Wildman–Crippen LogP) is 4.16. The fourth-order valence-corrected chi connectivity index (χ4v) is 3.55. The van der Waals surface area contributed by atoms with E-state index in [1.54, 1.807) is 0 Å². The molecule has 0 fully saturated rings. The van der Waals surface area contributed by atoms with Gasteiger partial charge in [0.1, 0.15) is 12.6 Å². The van der Waals surface area contributed by atoms with E-state index in [1.165, 1.54) is 25.7 Å². The minimum absolute atomic E-state index is 0. The number of hydrogen-bond donors (Lipinski definition) is 2. The lowest BCUT2D eigenvalue weighted by Crippen LogP contribution is -2.42. The maximum atomic E-state index is 11.0. The van der Waals surface area contributed by atoms with Gasteiger partial charge in [-0.3, -0.25) is 4.79 Å². The number of ether oxygens (including phenoxy) is 1. The summed E-state index contributed by atoms with van der Waals surface area (Å²) in [7, 11) is 3.82. The molecule has 29 heavy (non-hydrogen) atoms. The molecule has 8 nitrogen and oxygen atoms in total. The lowest BCUT2D eigenvalue weighted by Gasteiger charge is -2.29. The van der Waals surface area contributed by atoms with Crippen LogP contribution in [0.15, 0.2) is 0 Å². The largest absolute Gasteiger partial charge is 0.870 e.